The van der Waals surface area contributed by atoms with Crippen molar-refractivity contribution < 1.29 is 4.79 Å². The topological polar surface area (TPSA) is 50.2 Å². The Balaban J connectivity index is 1.67. The van der Waals surface area contributed by atoms with Gasteiger partial charge in [0.1, 0.15) is 0 Å². The molecule has 1 aromatic carbocycles. The molecule has 0 radical (unpaired) electrons. The van der Waals surface area contributed by atoms with E-state index in [1.807, 2.05) is 39.9 Å². The van der Waals surface area contributed by atoms with Gasteiger partial charge in [-0.1, -0.05) is 12.1 Å². The Bertz CT molecular complexity index is 556. The fourth-order valence-corrected chi connectivity index (χ4v) is 2.39. The normalized spacial score (nSPS) is 15.3. The molecule has 0 unspecified atom stereocenters. The van der Waals surface area contributed by atoms with E-state index in [1.165, 1.54) is 5.56 Å². The van der Waals surface area contributed by atoms with Gasteiger partial charge < -0.3 is 14.8 Å². The van der Waals surface area contributed by atoms with Crippen molar-refractivity contribution in [2.24, 2.45) is 0 Å². The molecule has 5 nitrogen and oxygen atoms in total. The van der Waals surface area contributed by atoms with Crippen LogP contribution in [0.15, 0.2) is 43.0 Å². The summed E-state index contributed by atoms with van der Waals surface area (Å²) >= 11 is 0. The number of imidazole rings is 1. The minimum Gasteiger partial charge on any atom is -0.336 e. The summed E-state index contributed by atoms with van der Waals surface area (Å²) in [5, 5.41) is 3.25. The number of rotatable bonds is 3. The summed E-state index contributed by atoms with van der Waals surface area (Å²) in [7, 11) is 0. The maximum atomic E-state index is 12.3. The van der Waals surface area contributed by atoms with Crippen LogP contribution in [0, 0.1) is 0 Å². The lowest BCUT2D eigenvalue weighted by Gasteiger charge is -2.27. The lowest BCUT2D eigenvalue weighted by molar-refractivity contribution is 0.0736. The predicted molar refractivity (Wildman–Crippen MR) is 76.5 cm³/mol. The lowest BCUT2D eigenvalue weighted by Crippen LogP contribution is -2.46. The van der Waals surface area contributed by atoms with Gasteiger partial charge in [0.25, 0.3) is 5.91 Å². The Kier molecular flexibility index (Phi) is 3.78. The molecule has 1 aliphatic rings. The van der Waals surface area contributed by atoms with E-state index in [9.17, 15) is 4.79 Å². The molecule has 1 aliphatic heterocycles. The Morgan fingerprint density at radius 3 is 2.60 bits per heavy atom. The van der Waals surface area contributed by atoms with Crippen molar-refractivity contribution in [3.05, 3.63) is 54.1 Å². The molecule has 1 amide bonds. The van der Waals surface area contributed by atoms with Crippen LogP contribution in [0.1, 0.15) is 15.9 Å². The highest BCUT2D eigenvalue weighted by molar-refractivity contribution is 5.94. The van der Waals surface area contributed by atoms with Crippen molar-refractivity contribution in [2.45, 2.75) is 6.54 Å². The summed E-state index contributed by atoms with van der Waals surface area (Å²) in [4.78, 5) is 18.2. The van der Waals surface area contributed by atoms with Crippen LogP contribution in [0.4, 0.5) is 0 Å². The highest BCUT2D eigenvalue weighted by Gasteiger charge is 2.17. The average molecular weight is 270 g/mol. The minimum atomic E-state index is 0.126. The number of hydrogen-bond acceptors (Lipinski definition) is 3. The van der Waals surface area contributed by atoms with Crippen molar-refractivity contribution in [1.82, 2.24) is 19.8 Å². The quantitative estimate of drug-likeness (QED) is 0.904. The van der Waals surface area contributed by atoms with Gasteiger partial charge in [-0.15, -0.1) is 0 Å². The monoisotopic (exact) mass is 270 g/mol. The van der Waals surface area contributed by atoms with Crippen LogP contribution in [0.25, 0.3) is 0 Å². The Morgan fingerprint density at radius 1 is 1.20 bits per heavy atom. The maximum Gasteiger partial charge on any atom is 0.253 e. The van der Waals surface area contributed by atoms with Gasteiger partial charge in [0, 0.05) is 50.7 Å². The van der Waals surface area contributed by atoms with E-state index in [-0.39, 0.29) is 5.91 Å². The van der Waals surface area contributed by atoms with Gasteiger partial charge in [-0.25, -0.2) is 4.98 Å². The minimum absolute atomic E-state index is 0.126. The number of carbonyl (C=O) groups is 1. The number of nitrogens with zero attached hydrogens (tertiary/aromatic N) is 3. The van der Waals surface area contributed by atoms with E-state index < -0.39 is 0 Å². The van der Waals surface area contributed by atoms with Crippen LogP contribution >= 0.6 is 0 Å². The summed E-state index contributed by atoms with van der Waals surface area (Å²) in [5.74, 6) is 0.126. The predicted octanol–water partition coefficient (Wildman–Crippen LogP) is 0.977. The molecule has 1 fully saturated rings. The molecule has 3 rings (SSSR count). The summed E-state index contributed by atoms with van der Waals surface area (Å²) < 4.78 is 2.01. The molecule has 0 atom stereocenters. The standard InChI is InChI=1S/C15H18N4O/c20-15(19-9-6-16-7-10-19)14-3-1-13(2-4-14)11-18-8-5-17-12-18/h1-5,8,12,16H,6-7,9-11H2. The molecule has 1 aromatic heterocycles. The van der Waals surface area contributed by atoms with Gasteiger partial charge in [-0.2, -0.15) is 0 Å². The van der Waals surface area contributed by atoms with E-state index in [4.69, 9.17) is 0 Å². The number of piperazine rings is 1. The molecule has 5 heteroatoms. The largest absolute Gasteiger partial charge is 0.336 e. The lowest BCUT2D eigenvalue weighted by atomic mass is 10.1. The van der Waals surface area contributed by atoms with Crippen molar-refractivity contribution in [1.29, 1.82) is 0 Å². The van der Waals surface area contributed by atoms with Gasteiger partial charge in [-0.05, 0) is 17.7 Å². The van der Waals surface area contributed by atoms with Gasteiger partial charge in [0.2, 0.25) is 0 Å². The van der Waals surface area contributed by atoms with E-state index in [0.717, 1.165) is 38.3 Å². The molecule has 2 aromatic rings. The highest BCUT2D eigenvalue weighted by atomic mass is 16.2. The fourth-order valence-electron chi connectivity index (χ4n) is 2.39. The summed E-state index contributed by atoms with van der Waals surface area (Å²) in [6, 6.07) is 7.85. The molecular weight excluding hydrogens is 252 g/mol. The van der Waals surface area contributed by atoms with Crippen LogP contribution in [-0.4, -0.2) is 46.5 Å². The third kappa shape index (κ3) is 2.88. The van der Waals surface area contributed by atoms with Crippen LogP contribution in [0.3, 0.4) is 0 Å². The SMILES string of the molecule is O=C(c1ccc(Cn2ccnc2)cc1)N1CCNCC1. The zero-order valence-electron chi connectivity index (χ0n) is 11.3. The molecule has 20 heavy (non-hydrogen) atoms. The van der Waals surface area contributed by atoms with Crippen LogP contribution in [0.5, 0.6) is 0 Å². The zero-order chi connectivity index (χ0) is 13.8. The number of nitrogens with one attached hydrogen (secondary N) is 1. The van der Waals surface area contributed by atoms with Gasteiger partial charge in [-0.3, -0.25) is 4.79 Å². The fraction of sp³-hybridized carbons (Fsp3) is 0.333. The first-order valence-corrected chi connectivity index (χ1v) is 6.87. The van der Waals surface area contributed by atoms with E-state index in [2.05, 4.69) is 10.3 Å². The van der Waals surface area contributed by atoms with Gasteiger partial charge in [0.05, 0.1) is 6.33 Å². The second-order valence-corrected chi connectivity index (χ2v) is 4.97. The number of benzene rings is 1. The molecular formula is C15H18N4O. The molecule has 0 bridgehead atoms. The molecule has 2 heterocycles. The Labute approximate surface area is 118 Å². The maximum absolute atomic E-state index is 12.3. The highest BCUT2D eigenvalue weighted by Crippen LogP contribution is 2.09. The second-order valence-electron chi connectivity index (χ2n) is 4.97. The van der Waals surface area contributed by atoms with Crippen LogP contribution in [0.2, 0.25) is 0 Å². The number of carbonyl (C=O) groups excluding carboxylic acids is 1. The number of aromatic nitrogens is 2. The van der Waals surface area contributed by atoms with Gasteiger partial charge >= 0.3 is 0 Å². The third-order valence-electron chi connectivity index (χ3n) is 3.53. The number of hydrogen-bond donors (Lipinski definition) is 1. The summed E-state index contributed by atoms with van der Waals surface area (Å²) in [5.41, 5.74) is 1.93. The van der Waals surface area contributed by atoms with Crippen molar-refractivity contribution in [3.63, 3.8) is 0 Å². The van der Waals surface area contributed by atoms with Crippen molar-refractivity contribution in [2.75, 3.05) is 26.2 Å². The first-order valence-electron chi connectivity index (χ1n) is 6.87. The van der Waals surface area contributed by atoms with E-state index >= 15 is 0 Å². The summed E-state index contributed by atoms with van der Waals surface area (Å²) in [6.45, 7) is 4.11. The number of amides is 1. The molecule has 1 saturated heterocycles. The smallest absolute Gasteiger partial charge is 0.253 e. The average Bonchev–Trinajstić information content (AvgIpc) is 3.01. The molecule has 104 valence electrons. The first kappa shape index (κ1) is 12.9. The molecule has 0 saturated carbocycles. The molecule has 0 aliphatic carbocycles. The van der Waals surface area contributed by atoms with Gasteiger partial charge in [0.15, 0.2) is 0 Å². The van der Waals surface area contributed by atoms with Crippen LogP contribution in [-0.2, 0) is 6.54 Å². The van der Waals surface area contributed by atoms with Crippen molar-refractivity contribution in [3.8, 4) is 0 Å². The Hall–Kier alpha value is -2.14. The van der Waals surface area contributed by atoms with Crippen molar-refractivity contribution >= 4 is 5.91 Å². The Morgan fingerprint density at radius 2 is 1.95 bits per heavy atom. The third-order valence-corrected chi connectivity index (χ3v) is 3.53. The second kappa shape index (κ2) is 5.88. The summed E-state index contributed by atoms with van der Waals surface area (Å²) in [6.07, 6.45) is 5.49. The molecule has 1 N–H and O–H groups in total. The molecule has 0 spiro atoms. The first-order chi connectivity index (χ1) is 9.83. The zero-order valence-corrected chi connectivity index (χ0v) is 11.3. The van der Waals surface area contributed by atoms with Crippen LogP contribution < -0.4 is 5.32 Å². The van der Waals surface area contributed by atoms with E-state index in [1.54, 1.807) is 12.5 Å². The van der Waals surface area contributed by atoms with E-state index in [0.29, 0.717) is 0 Å².